The van der Waals surface area contributed by atoms with E-state index in [9.17, 15) is 0 Å². The van der Waals surface area contributed by atoms with Gasteiger partial charge in [0.25, 0.3) is 0 Å². The largest absolute Gasteiger partial charge is 0.497 e. The van der Waals surface area contributed by atoms with Gasteiger partial charge in [0, 0.05) is 24.6 Å². The van der Waals surface area contributed by atoms with E-state index < -0.39 is 0 Å². The van der Waals surface area contributed by atoms with Gasteiger partial charge in [-0.15, -0.1) is 0 Å². The lowest BCUT2D eigenvalue weighted by Gasteiger charge is -2.12. The summed E-state index contributed by atoms with van der Waals surface area (Å²) >= 11 is 0. The Balaban J connectivity index is 1.98. The minimum atomic E-state index is 0.463. The number of hydrogen-bond acceptors (Lipinski definition) is 3. The molecule has 0 saturated heterocycles. The summed E-state index contributed by atoms with van der Waals surface area (Å²) in [7, 11) is 1.64. The maximum Gasteiger partial charge on any atom is 0.127 e. The highest BCUT2D eigenvalue weighted by atomic mass is 16.5. The van der Waals surface area contributed by atoms with Crippen molar-refractivity contribution in [2.24, 2.45) is 5.73 Å². The van der Waals surface area contributed by atoms with Crippen LogP contribution in [0.3, 0.4) is 0 Å². The maximum atomic E-state index is 5.81. The molecule has 0 heterocycles. The smallest absolute Gasteiger partial charge is 0.127 e. The predicted octanol–water partition coefficient (Wildman–Crippen LogP) is 2.78. The van der Waals surface area contributed by atoms with Gasteiger partial charge in [0.1, 0.15) is 11.5 Å². The summed E-state index contributed by atoms with van der Waals surface area (Å²) in [6.45, 7) is 1.09. The van der Waals surface area contributed by atoms with Gasteiger partial charge in [0.2, 0.25) is 0 Å². The van der Waals surface area contributed by atoms with E-state index >= 15 is 0 Å². The van der Waals surface area contributed by atoms with Gasteiger partial charge < -0.3 is 15.2 Å². The van der Waals surface area contributed by atoms with Crippen molar-refractivity contribution in [1.82, 2.24) is 0 Å². The molecule has 0 bridgehead atoms. The first kappa shape index (κ1) is 13.4. The van der Waals surface area contributed by atoms with Gasteiger partial charge in [-0.1, -0.05) is 36.4 Å². The molecular formula is C16H19NO2. The Morgan fingerprint density at radius 2 is 1.84 bits per heavy atom. The van der Waals surface area contributed by atoms with Crippen LogP contribution in [-0.4, -0.2) is 13.7 Å². The lowest BCUT2D eigenvalue weighted by atomic mass is 10.1. The zero-order chi connectivity index (χ0) is 13.5. The molecule has 19 heavy (non-hydrogen) atoms. The molecule has 2 aromatic carbocycles. The summed E-state index contributed by atoms with van der Waals surface area (Å²) < 4.78 is 11.0. The van der Waals surface area contributed by atoms with Gasteiger partial charge in [0.15, 0.2) is 0 Å². The number of benzene rings is 2. The Labute approximate surface area is 114 Å². The molecule has 0 unspecified atom stereocenters. The van der Waals surface area contributed by atoms with Crippen molar-refractivity contribution in [2.75, 3.05) is 13.7 Å². The molecule has 0 aliphatic rings. The maximum absolute atomic E-state index is 5.81. The molecule has 2 rings (SSSR count). The van der Waals surface area contributed by atoms with Crippen LogP contribution in [0.2, 0.25) is 0 Å². The van der Waals surface area contributed by atoms with Gasteiger partial charge in [-0.25, -0.2) is 0 Å². The van der Waals surface area contributed by atoms with Crippen LogP contribution in [0.5, 0.6) is 11.5 Å². The highest BCUT2D eigenvalue weighted by molar-refractivity contribution is 5.40. The fraction of sp³-hybridized carbons (Fsp3) is 0.250. The molecule has 3 nitrogen and oxygen atoms in total. The fourth-order valence-corrected chi connectivity index (χ4v) is 1.89. The molecule has 100 valence electrons. The summed E-state index contributed by atoms with van der Waals surface area (Å²) in [5.41, 5.74) is 7.96. The first-order valence-corrected chi connectivity index (χ1v) is 6.37. The summed E-state index contributed by atoms with van der Waals surface area (Å²) in [6.07, 6.45) is 0.877. The van der Waals surface area contributed by atoms with Crippen molar-refractivity contribution in [3.63, 3.8) is 0 Å². The fourth-order valence-electron chi connectivity index (χ4n) is 1.89. The highest BCUT2D eigenvalue weighted by Gasteiger charge is 2.04. The standard InChI is InChI=1S/C16H19NO2/c1-18-15-8-7-14(12-17)16(11-15)19-10-9-13-5-3-2-4-6-13/h2-8,11H,9-10,12,17H2,1H3. The van der Waals surface area contributed by atoms with Crippen LogP contribution in [0.25, 0.3) is 0 Å². The van der Waals surface area contributed by atoms with E-state index in [2.05, 4.69) is 12.1 Å². The zero-order valence-electron chi connectivity index (χ0n) is 11.1. The molecule has 0 saturated carbocycles. The average Bonchev–Trinajstić information content (AvgIpc) is 2.48. The molecular weight excluding hydrogens is 238 g/mol. The van der Waals surface area contributed by atoms with Gasteiger partial charge in [-0.2, -0.15) is 0 Å². The third-order valence-electron chi connectivity index (χ3n) is 2.99. The average molecular weight is 257 g/mol. The molecule has 0 aliphatic carbocycles. The SMILES string of the molecule is COc1ccc(CN)c(OCCc2ccccc2)c1. The topological polar surface area (TPSA) is 44.5 Å². The molecule has 0 atom stereocenters. The molecule has 0 amide bonds. The second kappa shape index (κ2) is 6.81. The zero-order valence-corrected chi connectivity index (χ0v) is 11.1. The Kier molecular flexibility index (Phi) is 4.81. The summed E-state index contributed by atoms with van der Waals surface area (Å²) in [5, 5.41) is 0. The number of nitrogens with two attached hydrogens (primary N) is 1. The molecule has 2 N–H and O–H groups in total. The monoisotopic (exact) mass is 257 g/mol. The quantitative estimate of drug-likeness (QED) is 0.865. The molecule has 0 aliphatic heterocycles. The number of ether oxygens (including phenoxy) is 2. The van der Waals surface area contributed by atoms with Crippen LogP contribution >= 0.6 is 0 Å². The van der Waals surface area contributed by atoms with Gasteiger partial charge in [-0.3, -0.25) is 0 Å². The minimum Gasteiger partial charge on any atom is -0.497 e. The van der Waals surface area contributed by atoms with Crippen LogP contribution in [0.15, 0.2) is 48.5 Å². The normalized spacial score (nSPS) is 10.2. The van der Waals surface area contributed by atoms with Crippen molar-refractivity contribution >= 4 is 0 Å². The van der Waals surface area contributed by atoms with Crippen LogP contribution < -0.4 is 15.2 Å². The van der Waals surface area contributed by atoms with E-state index in [-0.39, 0.29) is 0 Å². The Bertz CT molecular complexity index is 511. The predicted molar refractivity (Wildman–Crippen MR) is 76.5 cm³/mol. The van der Waals surface area contributed by atoms with Crippen molar-refractivity contribution in [3.05, 3.63) is 59.7 Å². The van der Waals surface area contributed by atoms with E-state index in [1.807, 2.05) is 36.4 Å². The van der Waals surface area contributed by atoms with E-state index in [0.29, 0.717) is 13.2 Å². The highest BCUT2D eigenvalue weighted by Crippen LogP contribution is 2.24. The van der Waals surface area contributed by atoms with Crippen LogP contribution in [0, 0.1) is 0 Å². The molecule has 0 spiro atoms. The van der Waals surface area contributed by atoms with Crippen LogP contribution in [-0.2, 0) is 13.0 Å². The molecule has 0 radical (unpaired) electrons. The third kappa shape index (κ3) is 3.73. The van der Waals surface area contributed by atoms with E-state index in [4.69, 9.17) is 15.2 Å². The number of rotatable bonds is 6. The Morgan fingerprint density at radius 1 is 1.05 bits per heavy atom. The van der Waals surface area contributed by atoms with E-state index in [1.165, 1.54) is 5.56 Å². The molecule has 0 fully saturated rings. The van der Waals surface area contributed by atoms with Gasteiger partial charge in [0.05, 0.1) is 13.7 Å². The van der Waals surface area contributed by atoms with Crippen molar-refractivity contribution in [2.45, 2.75) is 13.0 Å². The number of hydrogen-bond donors (Lipinski definition) is 1. The van der Waals surface area contributed by atoms with Gasteiger partial charge in [-0.05, 0) is 11.6 Å². The second-order valence-corrected chi connectivity index (χ2v) is 4.26. The third-order valence-corrected chi connectivity index (χ3v) is 2.99. The molecule has 3 heteroatoms. The van der Waals surface area contributed by atoms with Crippen molar-refractivity contribution in [3.8, 4) is 11.5 Å². The molecule has 2 aromatic rings. The summed E-state index contributed by atoms with van der Waals surface area (Å²) in [6, 6.07) is 16.0. The second-order valence-electron chi connectivity index (χ2n) is 4.26. The van der Waals surface area contributed by atoms with E-state index in [0.717, 1.165) is 23.5 Å². The Hall–Kier alpha value is -2.00. The van der Waals surface area contributed by atoms with Gasteiger partial charge >= 0.3 is 0 Å². The number of methoxy groups -OCH3 is 1. The lowest BCUT2D eigenvalue weighted by Crippen LogP contribution is -2.06. The lowest BCUT2D eigenvalue weighted by molar-refractivity contribution is 0.315. The first-order valence-electron chi connectivity index (χ1n) is 6.37. The van der Waals surface area contributed by atoms with Crippen LogP contribution in [0.1, 0.15) is 11.1 Å². The Morgan fingerprint density at radius 3 is 2.53 bits per heavy atom. The first-order chi connectivity index (χ1) is 9.33. The van der Waals surface area contributed by atoms with Crippen molar-refractivity contribution < 1.29 is 9.47 Å². The van der Waals surface area contributed by atoms with E-state index in [1.54, 1.807) is 7.11 Å². The van der Waals surface area contributed by atoms with Crippen molar-refractivity contribution in [1.29, 1.82) is 0 Å². The summed E-state index contributed by atoms with van der Waals surface area (Å²) in [5.74, 6) is 1.59. The van der Waals surface area contributed by atoms with Crippen LogP contribution in [0.4, 0.5) is 0 Å². The summed E-state index contributed by atoms with van der Waals surface area (Å²) in [4.78, 5) is 0. The minimum absolute atomic E-state index is 0.463. The molecule has 0 aromatic heterocycles.